The van der Waals surface area contributed by atoms with Crippen LogP contribution in [0.3, 0.4) is 0 Å². The van der Waals surface area contributed by atoms with Gasteiger partial charge >= 0.3 is 0 Å². The van der Waals surface area contributed by atoms with E-state index in [1.807, 2.05) is 0 Å². The predicted octanol–water partition coefficient (Wildman–Crippen LogP) is 1.72. The van der Waals surface area contributed by atoms with Gasteiger partial charge in [-0.15, -0.1) is 0 Å². The van der Waals surface area contributed by atoms with Gasteiger partial charge in [0, 0.05) is 25.7 Å². The van der Waals surface area contributed by atoms with E-state index in [0.29, 0.717) is 6.04 Å². The van der Waals surface area contributed by atoms with Crippen LogP contribution in [-0.2, 0) is 19.5 Å². The van der Waals surface area contributed by atoms with Crippen LogP contribution in [0.4, 0.5) is 0 Å². The van der Waals surface area contributed by atoms with Crippen molar-refractivity contribution in [3.05, 3.63) is 17.5 Å². The molecule has 1 aromatic rings. The number of aliphatic hydroxyl groups excluding tert-OH is 1. The molecule has 4 nitrogen and oxygen atoms in total. The fraction of sp³-hybridized carbons (Fsp3) is 0.769. The first-order chi connectivity index (χ1) is 8.24. The lowest BCUT2D eigenvalue weighted by molar-refractivity contribution is 0.261. The summed E-state index contributed by atoms with van der Waals surface area (Å²) in [5, 5.41) is 17.0. The Morgan fingerprint density at radius 2 is 2.18 bits per heavy atom. The third kappa shape index (κ3) is 4.13. The molecule has 0 saturated heterocycles. The summed E-state index contributed by atoms with van der Waals surface area (Å²) < 4.78 is 2.05. The van der Waals surface area contributed by atoms with Crippen LogP contribution in [0.25, 0.3) is 0 Å². The predicted molar refractivity (Wildman–Crippen MR) is 69.9 cm³/mol. The van der Waals surface area contributed by atoms with Gasteiger partial charge in [-0.25, -0.2) is 0 Å². The summed E-state index contributed by atoms with van der Waals surface area (Å²) in [6.45, 7) is 8.37. The van der Waals surface area contributed by atoms with E-state index >= 15 is 0 Å². The lowest BCUT2D eigenvalue weighted by atomic mass is 10.1. The van der Waals surface area contributed by atoms with Gasteiger partial charge in [0.05, 0.1) is 11.4 Å². The molecule has 0 bridgehead atoms. The van der Waals surface area contributed by atoms with E-state index < -0.39 is 0 Å². The topological polar surface area (TPSA) is 50.1 Å². The summed E-state index contributed by atoms with van der Waals surface area (Å²) in [5.41, 5.74) is 2.39. The van der Waals surface area contributed by atoms with Crippen molar-refractivity contribution in [1.82, 2.24) is 15.1 Å². The molecule has 0 aliphatic heterocycles. The number of aryl methyl sites for hydroxylation is 2. The van der Waals surface area contributed by atoms with E-state index in [9.17, 15) is 0 Å². The number of hydrogen-bond acceptors (Lipinski definition) is 3. The maximum absolute atomic E-state index is 8.95. The third-order valence-corrected chi connectivity index (χ3v) is 3.12. The van der Waals surface area contributed by atoms with Crippen molar-refractivity contribution in [3.63, 3.8) is 0 Å². The molecule has 0 fully saturated rings. The second kappa shape index (κ2) is 7.45. The molecule has 0 aliphatic rings. The van der Waals surface area contributed by atoms with Crippen LogP contribution in [-0.4, -0.2) is 27.5 Å². The minimum absolute atomic E-state index is 0.249. The molecule has 1 rings (SSSR count). The van der Waals surface area contributed by atoms with Gasteiger partial charge in [-0.3, -0.25) is 4.68 Å². The Bertz CT molecular complexity index is 322. The van der Waals surface area contributed by atoms with Crippen molar-refractivity contribution in [2.75, 3.05) is 6.61 Å². The number of hydrogen-bond donors (Lipinski definition) is 2. The Hall–Kier alpha value is -0.870. The molecule has 0 saturated carbocycles. The van der Waals surface area contributed by atoms with Crippen LogP contribution < -0.4 is 5.32 Å². The van der Waals surface area contributed by atoms with Gasteiger partial charge in [0.15, 0.2) is 0 Å². The monoisotopic (exact) mass is 239 g/mol. The van der Waals surface area contributed by atoms with E-state index in [2.05, 4.69) is 41.9 Å². The number of rotatable bonds is 8. The first kappa shape index (κ1) is 14.2. The van der Waals surface area contributed by atoms with Crippen molar-refractivity contribution in [1.29, 1.82) is 0 Å². The molecule has 0 amide bonds. The van der Waals surface area contributed by atoms with Gasteiger partial charge in [0.2, 0.25) is 0 Å². The Labute approximate surface area is 104 Å². The molecule has 0 radical (unpaired) electrons. The Morgan fingerprint density at radius 1 is 1.41 bits per heavy atom. The summed E-state index contributed by atoms with van der Waals surface area (Å²) in [4.78, 5) is 0. The van der Waals surface area contributed by atoms with E-state index in [-0.39, 0.29) is 6.61 Å². The molecule has 0 aromatic carbocycles. The quantitative estimate of drug-likeness (QED) is 0.726. The van der Waals surface area contributed by atoms with E-state index in [0.717, 1.165) is 38.0 Å². The zero-order chi connectivity index (χ0) is 12.7. The summed E-state index contributed by atoms with van der Waals surface area (Å²) in [5.74, 6) is 0. The van der Waals surface area contributed by atoms with Crippen LogP contribution in [0.5, 0.6) is 0 Å². The molecule has 98 valence electrons. The molecular weight excluding hydrogens is 214 g/mol. The van der Waals surface area contributed by atoms with Gasteiger partial charge in [-0.05, 0) is 32.3 Å². The molecule has 0 aliphatic carbocycles. The second-order valence-corrected chi connectivity index (χ2v) is 4.29. The lowest BCUT2D eigenvalue weighted by Gasteiger charge is -2.15. The summed E-state index contributed by atoms with van der Waals surface area (Å²) in [6, 6.07) is 2.56. The minimum atomic E-state index is 0.249. The van der Waals surface area contributed by atoms with Crippen molar-refractivity contribution in [3.8, 4) is 0 Å². The number of aliphatic hydroxyl groups is 1. The minimum Gasteiger partial charge on any atom is -0.396 e. The lowest BCUT2D eigenvalue weighted by Crippen LogP contribution is -2.29. The third-order valence-electron chi connectivity index (χ3n) is 3.12. The standard InChI is InChI=1S/C13H25N3O/c1-4-11(7-8-17)14-10-13-9-12(5-2)15-16(13)6-3/h9,11,14,17H,4-8,10H2,1-3H3. The molecule has 1 atom stereocenters. The van der Waals surface area contributed by atoms with Gasteiger partial charge in [-0.1, -0.05) is 13.8 Å². The highest BCUT2D eigenvalue weighted by molar-refractivity contribution is 5.10. The van der Waals surface area contributed by atoms with Gasteiger partial charge < -0.3 is 10.4 Å². The molecule has 0 spiro atoms. The first-order valence-electron chi connectivity index (χ1n) is 6.64. The Balaban J connectivity index is 2.57. The number of aromatic nitrogens is 2. The van der Waals surface area contributed by atoms with Crippen LogP contribution in [0.1, 0.15) is 45.0 Å². The highest BCUT2D eigenvalue weighted by atomic mass is 16.3. The van der Waals surface area contributed by atoms with Crippen molar-refractivity contribution < 1.29 is 5.11 Å². The molecule has 1 aromatic heterocycles. The highest BCUT2D eigenvalue weighted by Crippen LogP contribution is 2.07. The fourth-order valence-electron chi connectivity index (χ4n) is 1.96. The van der Waals surface area contributed by atoms with Gasteiger partial charge in [0.25, 0.3) is 0 Å². The molecule has 4 heteroatoms. The van der Waals surface area contributed by atoms with Gasteiger partial charge in [0.1, 0.15) is 0 Å². The van der Waals surface area contributed by atoms with Crippen LogP contribution in [0.2, 0.25) is 0 Å². The molecule has 1 heterocycles. The van der Waals surface area contributed by atoms with Crippen molar-refractivity contribution in [2.45, 2.75) is 59.2 Å². The normalized spacial score (nSPS) is 12.9. The SMILES string of the molecule is CCc1cc(CNC(CC)CCO)n(CC)n1. The summed E-state index contributed by atoms with van der Waals surface area (Å²) in [6.07, 6.45) is 2.84. The Morgan fingerprint density at radius 3 is 2.71 bits per heavy atom. The van der Waals surface area contributed by atoms with E-state index in [1.54, 1.807) is 0 Å². The Kier molecular flexibility index (Phi) is 6.22. The van der Waals surface area contributed by atoms with Crippen LogP contribution >= 0.6 is 0 Å². The van der Waals surface area contributed by atoms with Crippen molar-refractivity contribution >= 4 is 0 Å². The van der Waals surface area contributed by atoms with Crippen LogP contribution in [0.15, 0.2) is 6.07 Å². The maximum Gasteiger partial charge on any atom is 0.0625 e. The van der Waals surface area contributed by atoms with E-state index in [4.69, 9.17) is 5.11 Å². The maximum atomic E-state index is 8.95. The molecule has 17 heavy (non-hydrogen) atoms. The van der Waals surface area contributed by atoms with E-state index in [1.165, 1.54) is 5.69 Å². The zero-order valence-corrected chi connectivity index (χ0v) is 11.2. The molecular formula is C13H25N3O. The second-order valence-electron chi connectivity index (χ2n) is 4.29. The zero-order valence-electron chi connectivity index (χ0n) is 11.2. The largest absolute Gasteiger partial charge is 0.396 e. The van der Waals surface area contributed by atoms with Gasteiger partial charge in [-0.2, -0.15) is 5.10 Å². The first-order valence-corrected chi connectivity index (χ1v) is 6.64. The highest BCUT2D eigenvalue weighted by Gasteiger charge is 2.08. The number of nitrogens with one attached hydrogen (secondary N) is 1. The molecule has 2 N–H and O–H groups in total. The average molecular weight is 239 g/mol. The smallest absolute Gasteiger partial charge is 0.0625 e. The van der Waals surface area contributed by atoms with Crippen molar-refractivity contribution in [2.24, 2.45) is 0 Å². The summed E-state index contributed by atoms with van der Waals surface area (Å²) >= 11 is 0. The fourth-order valence-corrected chi connectivity index (χ4v) is 1.96. The van der Waals surface area contributed by atoms with Crippen LogP contribution in [0, 0.1) is 0 Å². The summed E-state index contributed by atoms with van der Waals surface area (Å²) in [7, 11) is 0. The average Bonchev–Trinajstić information content (AvgIpc) is 2.76. The molecule has 1 unspecified atom stereocenters. The number of nitrogens with zero attached hydrogens (tertiary/aromatic N) is 2.